The predicted molar refractivity (Wildman–Crippen MR) is 111 cm³/mol. The standard InChI is InChI=1S/C22H27N5O2/c1-28-18-11-6-15(13-19(18)29-2)14-20-25-22(16-7-9-17(23)10-8-16)27(26-20)21-5-3-4-12-24-21/h3-6,11-13,16-17H,7-10,14,23H2,1-2H3. The van der Waals surface area contributed by atoms with E-state index in [0.717, 1.165) is 48.7 Å². The van der Waals surface area contributed by atoms with E-state index in [2.05, 4.69) is 4.98 Å². The molecule has 152 valence electrons. The van der Waals surface area contributed by atoms with Crippen LogP contribution in [0.4, 0.5) is 0 Å². The third-order valence-corrected chi connectivity index (χ3v) is 5.49. The van der Waals surface area contributed by atoms with Crippen molar-refractivity contribution in [2.24, 2.45) is 5.73 Å². The van der Waals surface area contributed by atoms with Gasteiger partial charge in [-0.25, -0.2) is 9.97 Å². The number of nitrogens with two attached hydrogens (primary N) is 1. The van der Waals surface area contributed by atoms with Crippen LogP contribution in [0.2, 0.25) is 0 Å². The molecular formula is C22H27N5O2. The highest BCUT2D eigenvalue weighted by Crippen LogP contribution is 2.33. The van der Waals surface area contributed by atoms with Crippen LogP contribution in [0, 0.1) is 0 Å². The average Bonchev–Trinajstić information content (AvgIpc) is 3.18. The molecule has 0 spiro atoms. The van der Waals surface area contributed by atoms with Gasteiger partial charge < -0.3 is 15.2 Å². The quantitative estimate of drug-likeness (QED) is 0.692. The van der Waals surface area contributed by atoms with Crippen LogP contribution < -0.4 is 15.2 Å². The van der Waals surface area contributed by atoms with Gasteiger partial charge >= 0.3 is 0 Å². The first kappa shape index (κ1) is 19.4. The fraction of sp³-hybridized carbons (Fsp3) is 0.409. The Labute approximate surface area is 170 Å². The highest BCUT2D eigenvalue weighted by molar-refractivity contribution is 5.43. The van der Waals surface area contributed by atoms with Crippen LogP contribution in [0.5, 0.6) is 11.5 Å². The summed E-state index contributed by atoms with van der Waals surface area (Å²) in [6.45, 7) is 0. The van der Waals surface area contributed by atoms with E-state index in [1.807, 2.05) is 41.1 Å². The SMILES string of the molecule is COc1ccc(Cc2nc(C3CCC(N)CC3)n(-c3ccccn3)n2)cc1OC. The third kappa shape index (κ3) is 4.24. The number of rotatable bonds is 6. The number of methoxy groups -OCH3 is 2. The summed E-state index contributed by atoms with van der Waals surface area (Å²) in [6, 6.07) is 12.0. The lowest BCUT2D eigenvalue weighted by Gasteiger charge is -2.25. The van der Waals surface area contributed by atoms with E-state index in [9.17, 15) is 0 Å². The summed E-state index contributed by atoms with van der Waals surface area (Å²) in [4.78, 5) is 9.42. The van der Waals surface area contributed by atoms with E-state index >= 15 is 0 Å². The van der Waals surface area contributed by atoms with Crippen LogP contribution >= 0.6 is 0 Å². The smallest absolute Gasteiger partial charge is 0.161 e. The number of nitrogens with zero attached hydrogens (tertiary/aromatic N) is 4. The molecule has 0 amide bonds. The summed E-state index contributed by atoms with van der Waals surface area (Å²) in [5, 5.41) is 4.81. The zero-order valence-electron chi connectivity index (χ0n) is 16.9. The lowest BCUT2D eigenvalue weighted by molar-refractivity contribution is 0.354. The van der Waals surface area contributed by atoms with E-state index in [1.165, 1.54) is 0 Å². The molecule has 4 rings (SSSR count). The Kier molecular flexibility index (Phi) is 5.76. The van der Waals surface area contributed by atoms with Crippen molar-refractivity contribution in [1.82, 2.24) is 19.7 Å². The molecule has 7 heteroatoms. The summed E-state index contributed by atoms with van der Waals surface area (Å²) < 4.78 is 12.7. The first-order chi connectivity index (χ1) is 14.2. The van der Waals surface area contributed by atoms with Gasteiger partial charge in [0.2, 0.25) is 0 Å². The number of benzene rings is 1. The molecule has 1 aromatic carbocycles. The minimum Gasteiger partial charge on any atom is -0.493 e. The van der Waals surface area contributed by atoms with E-state index in [4.69, 9.17) is 25.3 Å². The van der Waals surface area contributed by atoms with Gasteiger partial charge in [0.15, 0.2) is 23.1 Å². The first-order valence-corrected chi connectivity index (χ1v) is 10.0. The van der Waals surface area contributed by atoms with Crippen molar-refractivity contribution in [3.05, 3.63) is 59.8 Å². The molecule has 1 saturated carbocycles. The lowest BCUT2D eigenvalue weighted by Crippen LogP contribution is -2.26. The van der Waals surface area contributed by atoms with Gasteiger partial charge in [-0.15, -0.1) is 5.10 Å². The second-order valence-corrected chi connectivity index (χ2v) is 7.46. The monoisotopic (exact) mass is 393 g/mol. The Bertz CT molecular complexity index is 949. The van der Waals surface area contributed by atoms with Gasteiger partial charge in [0, 0.05) is 24.6 Å². The fourth-order valence-electron chi connectivity index (χ4n) is 3.91. The lowest BCUT2D eigenvalue weighted by atomic mass is 9.86. The Morgan fingerprint density at radius 1 is 1.03 bits per heavy atom. The molecule has 3 aromatic rings. The number of hydrogen-bond acceptors (Lipinski definition) is 6. The second kappa shape index (κ2) is 8.61. The number of aromatic nitrogens is 4. The molecule has 1 aliphatic carbocycles. The molecular weight excluding hydrogens is 366 g/mol. The van der Waals surface area contributed by atoms with Gasteiger partial charge in [-0.1, -0.05) is 12.1 Å². The summed E-state index contributed by atoms with van der Waals surface area (Å²) in [5.41, 5.74) is 7.17. The van der Waals surface area contributed by atoms with Crippen molar-refractivity contribution in [2.45, 2.75) is 44.1 Å². The molecule has 0 unspecified atom stereocenters. The topological polar surface area (TPSA) is 88.1 Å². The minimum absolute atomic E-state index is 0.295. The van der Waals surface area contributed by atoms with Crippen molar-refractivity contribution in [1.29, 1.82) is 0 Å². The number of hydrogen-bond donors (Lipinski definition) is 1. The van der Waals surface area contributed by atoms with Crippen LogP contribution in [0.1, 0.15) is 48.8 Å². The average molecular weight is 393 g/mol. The Morgan fingerprint density at radius 3 is 2.52 bits per heavy atom. The molecule has 2 aromatic heterocycles. The van der Waals surface area contributed by atoms with Crippen molar-refractivity contribution < 1.29 is 9.47 Å². The van der Waals surface area contributed by atoms with Gasteiger partial charge in [-0.3, -0.25) is 0 Å². The van der Waals surface area contributed by atoms with E-state index in [1.54, 1.807) is 20.4 Å². The molecule has 29 heavy (non-hydrogen) atoms. The van der Waals surface area contributed by atoms with Gasteiger partial charge in [0.05, 0.1) is 14.2 Å². The van der Waals surface area contributed by atoms with Crippen molar-refractivity contribution in [3.63, 3.8) is 0 Å². The number of pyridine rings is 1. The van der Waals surface area contributed by atoms with Crippen LogP contribution in [-0.2, 0) is 6.42 Å². The zero-order valence-corrected chi connectivity index (χ0v) is 16.9. The van der Waals surface area contributed by atoms with E-state index in [-0.39, 0.29) is 0 Å². The van der Waals surface area contributed by atoms with Crippen LogP contribution in [-0.4, -0.2) is 40.0 Å². The van der Waals surface area contributed by atoms with Gasteiger partial charge in [0.1, 0.15) is 5.82 Å². The van der Waals surface area contributed by atoms with Crippen molar-refractivity contribution >= 4 is 0 Å². The maximum atomic E-state index is 6.11. The molecule has 0 radical (unpaired) electrons. The Morgan fingerprint density at radius 2 is 1.83 bits per heavy atom. The second-order valence-electron chi connectivity index (χ2n) is 7.46. The summed E-state index contributed by atoms with van der Waals surface area (Å²) >= 11 is 0. The minimum atomic E-state index is 0.295. The molecule has 0 bridgehead atoms. The molecule has 2 N–H and O–H groups in total. The molecule has 2 heterocycles. The van der Waals surface area contributed by atoms with Crippen LogP contribution in [0.3, 0.4) is 0 Å². The molecule has 0 atom stereocenters. The van der Waals surface area contributed by atoms with Crippen LogP contribution in [0.25, 0.3) is 5.82 Å². The molecule has 1 fully saturated rings. The summed E-state index contributed by atoms with van der Waals surface area (Å²) in [6.07, 6.45) is 6.49. The first-order valence-electron chi connectivity index (χ1n) is 10.0. The third-order valence-electron chi connectivity index (χ3n) is 5.49. The maximum absolute atomic E-state index is 6.11. The highest BCUT2D eigenvalue weighted by atomic mass is 16.5. The fourth-order valence-corrected chi connectivity index (χ4v) is 3.91. The normalized spacial score (nSPS) is 19.1. The maximum Gasteiger partial charge on any atom is 0.161 e. The predicted octanol–water partition coefficient (Wildman–Crippen LogP) is 3.26. The number of ether oxygens (including phenoxy) is 2. The molecule has 1 aliphatic rings. The zero-order chi connectivity index (χ0) is 20.2. The molecule has 0 aliphatic heterocycles. The van der Waals surface area contributed by atoms with Gasteiger partial charge in [-0.05, 0) is 55.5 Å². The Balaban J connectivity index is 1.66. The summed E-state index contributed by atoms with van der Waals surface area (Å²) in [5.74, 6) is 4.31. The van der Waals surface area contributed by atoms with Crippen molar-refractivity contribution in [2.75, 3.05) is 14.2 Å². The summed E-state index contributed by atoms with van der Waals surface area (Å²) in [7, 11) is 3.28. The van der Waals surface area contributed by atoms with Crippen molar-refractivity contribution in [3.8, 4) is 17.3 Å². The van der Waals surface area contributed by atoms with Gasteiger partial charge in [-0.2, -0.15) is 4.68 Å². The highest BCUT2D eigenvalue weighted by Gasteiger charge is 2.26. The molecule has 7 nitrogen and oxygen atoms in total. The van der Waals surface area contributed by atoms with E-state index < -0.39 is 0 Å². The van der Waals surface area contributed by atoms with Gasteiger partial charge in [0.25, 0.3) is 0 Å². The largest absolute Gasteiger partial charge is 0.493 e. The molecule has 0 saturated heterocycles. The van der Waals surface area contributed by atoms with Crippen LogP contribution in [0.15, 0.2) is 42.6 Å². The van der Waals surface area contributed by atoms with E-state index in [0.29, 0.717) is 29.9 Å². The Hall–Kier alpha value is -2.93.